The lowest BCUT2D eigenvalue weighted by Crippen LogP contribution is -2.24. The van der Waals surface area contributed by atoms with Gasteiger partial charge in [-0.05, 0) is 24.3 Å². The molecule has 0 saturated heterocycles. The van der Waals surface area contributed by atoms with Crippen LogP contribution in [0.25, 0.3) is 0 Å². The molecule has 0 fully saturated rings. The fourth-order valence-corrected chi connectivity index (χ4v) is 3.54. The number of rotatable bonds is 8. The number of carbonyl (C=O) groups excluding carboxylic acids is 2. The van der Waals surface area contributed by atoms with E-state index in [-0.39, 0.29) is 24.1 Å². The molecule has 0 bridgehead atoms. The van der Waals surface area contributed by atoms with Crippen molar-refractivity contribution in [2.75, 3.05) is 18.2 Å². The molecule has 0 unspecified atom stereocenters. The third-order valence-corrected chi connectivity index (χ3v) is 5.51. The quantitative estimate of drug-likeness (QED) is 0.517. The van der Waals surface area contributed by atoms with Crippen molar-refractivity contribution in [1.82, 2.24) is 20.1 Å². The number of hydrogen-bond donors (Lipinski definition) is 2. The molecule has 2 amide bonds. The highest BCUT2D eigenvalue weighted by atomic mass is 35.5. The second-order valence-electron chi connectivity index (χ2n) is 6.16. The maximum Gasteiger partial charge on any atom is 0.253 e. The van der Waals surface area contributed by atoms with Crippen molar-refractivity contribution in [3.05, 3.63) is 64.9 Å². The third-order valence-electron chi connectivity index (χ3n) is 4.16. The number of nitrogens with one attached hydrogen (secondary N) is 2. The molecule has 1 heterocycles. The standard InChI is InChI=1S/C20H20ClN5O3S/c1-26-17(11-22-19(28)13-7-3-4-8-14(13)21)24-25-20(26)30-12-18(27)23-15-9-5-6-10-16(15)29-2/h3-10H,11-12H2,1-2H3,(H,22,28)(H,23,27). The minimum absolute atomic E-state index is 0.149. The maximum atomic E-state index is 12.3. The van der Waals surface area contributed by atoms with E-state index in [2.05, 4.69) is 20.8 Å². The van der Waals surface area contributed by atoms with Crippen molar-refractivity contribution >= 4 is 40.9 Å². The van der Waals surface area contributed by atoms with Crippen molar-refractivity contribution in [3.63, 3.8) is 0 Å². The van der Waals surface area contributed by atoms with E-state index in [9.17, 15) is 9.59 Å². The first-order valence-corrected chi connectivity index (χ1v) is 10.3. The molecule has 3 rings (SSSR count). The lowest BCUT2D eigenvalue weighted by Gasteiger charge is -2.09. The highest BCUT2D eigenvalue weighted by molar-refractivity contribution is 7.99. The normalized spacial score (nSPS) is 10.5. The third kappa shape index (κ3) is 5.31. The number of halogens is 1. The molecule has 0 aliphatic carbocycles. The summed E-state index contributed by atoms with van der Waals surface area (Å²) >= 11 is 7.29. The summed E-state index contributed by atoms with van der Waals surface area (Å²) in [4.78, 5) is 24.5. The van der Waals surface area contributed by atoms with Crippen molar-refractivity contribution in [2.24, 2.45) is 7.05 Å². The van der Waals surface area contributed by atoms with E-state index in [4.69, 9.17) is 16.3 Å². The minimum Gasteiger partial charge on any atom is -0.495 e. The summed E-state index contributed by atoms with van der Waals surface area (Å²) < 4.78 is 6.96. The lowest BCUT2D eigenvalue weighted by molar-refractivity contribution is -0.113. The Morgan fingerprint density at radius 1 is 1.13 bits per heavy atom. The lowest BCUT2D eigenvalue weighted by atomic mass is 10.2. The number of amides is 2. The Kier molecular flexibility index (Phi) is 7.31. The van der Waals surface area contributed by atoms with Crippen LogP contribution in [0.2, 0.25) is 5.02 Å². The van der Waals surface area contributed by atoms with Gasteiger partial charge in [-0.25, -0.2) is 0 Å². The molecule has 0 spiro atoms. The number of hydrogen-bond acceptors (Lipinski definition) is 6. The molecule has 8 nitrogen and oxygen atoms in total. The first-order valence-electron chi connectivity index (χ1n) is 8.96. The minimum atomic E-state index is -0.297. The summed E-state index contributed by atoms with van der Waals surface area (Å²) in [5, 5.41) is 14.7. The Bertz CT molecular complexity index is 1060. The van der Waals surface area contributed by atoms with E-state index in [0.29, 0.717) is 33.0 Å². The van der Waals surface area contributed by atoms with Gasteiger partial charge in [0.05, 0.1) is 35.7 Å². The number of benzene rings is 2. The molecule has 0 radical (unpaired) electrons. The first-order chi connectivity index (χ1) is 14.5. The van der Waals surface area contributed by atoms with Crippen LogP contribution < -0.4 is 15.4 Å². The molecule has 2 N–H and O–H groups in total. The molecule has 0 atom stereocenters. The van der Waals surface area contributed by atoms with Crippen LogP contribution in [-0.4, -0.2) is 39.4 Å². The van der Waals surface area contributed by atoms with Crippen molar-refractivity contribution in [3.8, 4) is 5.75 Å². The molecule has 0 saturated carbocycles. The monoisotopic (exact) mass is 445 g/mol. The molecule has 0 aliphatic rings. The number of methoxy groups -OCH3 is 1. The number of para-hydroxylation sites is 2. The zero-order valence-corrected chi connectivity index (χ0v) is 18.0. The zero-order chi connectivity index (χ0) is 21.5. The molecule has 2 aromatic carbocycles. The van der Waals surface area contributed by atoms with Gasteiger partial charge in [0.1, 0.15) is 5.75 Å². The number of carbonyl (C=O) groups is 2. The smallest absolute Gasteiger partial charge is 0.253 e. The molecule has 1 aromatic heterocycles. The Hall–Kier alpha value is -3.04. The van der Waals surface area contributed by atoms with Gasteiger partial charge in [0.25, 0.3) is 5.91 Å². The predicted octanol–water partition coefficient (Wildman–Crippen LogP) is 3.14. The van der Waals surface area contributed by atoms with Crippen molar-refractivity contribution in [1.29, 1.82) is 0 Å². The van der Waals surface area contributed by atoms with Crippen LogP contribution in [0.1, 0.15) is 16.2 Å². The van der Waals surface area contributed by atoms with E-state index < -0.39 is 0 Å². The van der Waals surface area contributed by atoms with Gasteiger partial charge in [0.15, 0.2) is 11.0 Å². The first kappa shape index (κ1) is 21.7. The molecular weight excluding hydrogens is 426 g/mol. The van der Waals surface area contributed by atoms with Gasteiger partial charge >= 0.3 is 0 Å². The number of aromatic nitrogens is 3. The van der Waals surface area contributed by atoms with Crippen LogP contribution in [0.15, 0.2) is 53.7 Å². The van der Waals surface area contributed by atoms with Gasteiger partial charge in [0, 0.05) is 7.05 Å². The van der Waals surface area contributed by atoms with E-state index >= 15 is 0 Å². The zero-order valence-electron chi connectivity index (χ0n) is 16.4. The van der Waals surface area contributed by atoms with Gasteiger partial charge in [-0.1, -0.05) is 47.6 Å². The van der Waals surface area contributed by atoms with Crippen LogP contribution in [0.5, 0.6) is 5.75 Å². The summed E-state index contributed by atoms with van der Waals surface area (Å²) in [6, 6.07) is 14.0. The summed E-state index contributed by atoms with van der Waals surface area (Å²) in [6.07, 6.45) is 0. The largest absolute Gasteiger partial charge is 0.495 e. The van der Waals surface area contributed by atoms with Gasteiger partial charge in [-0.3, -0.25) is 9.59 Å². The second-order valence-corrected chi connectivity index (χ2v) is 7.51. The second kappa shape index (κ2) is 10.1. The summed E-state index contributed by atoms with van der Waals surface area (Å²) in [6.45, 7) is 0.182. The average molecular weight is 446 g/mol. The Morgan fingerprint density at radius 2 is 1.87 bits per heavy atom. The number of thioether (sulfide) groups is 1. The molecule has 10 heteroatoms. The number of nitrogens with zero attached hydrogens (tertiary/aromatic N) is 3. The highest BCUT2D eigenvalue weighted by Gasteiger charge is 2.15. The molecule has 3 aromatic rings. The highest BCUT2D eigenvalue weighted by Crippen LogP contribution is 2.24. The maximum absolute atomic E-state index is 12.3. The van der Waals surface area contributed by atoms with Crippen molar-refractivity contribution in [2.45, 2.75) is 11.7 Å². The van der Waals surface area contributed by atoms with Gasteiger partial charge in [-0.2, -0.15) is 0 Å². The van der Waals surface area contributed by atoms with Crippen LogP contribution in [0.3, 0.4) is 0 Å². The SMILES string of the molecule is COc1ccccc1NC(=O)CSc1nnc(CNC(=O)c2ccccc2Cl)n1C. The van der Waals surface area contributed by atoms with Crippen LogP contribution >= 0.6 is 23.4 Å². The van der Waals surface area contributed by atoms with Crippen molar-refractivity contribution < 1.29 is 14.3 Å². The average Bonchev–Trinajstić information content (AvgIpc) is 3.10. The Balaban J connectivity index is 1.54. The summed E-state index contributed by atoms with van der Waals surface area (Å²) in [5.74, 6) is 0.805. The van der Waals surface area contributed by atoms with E-state index in [1.165, 1.54) is 11.8 Å². The predicted molar refractivity (Wildman–Crippen MR) is 116 cm³/mol. The summed E-state index contributed by atoms with van der Waals surface area (Å²) in [5.41, 5.74) is 0.996. The van der Waals surface area contributed by atoms with Gasteiger partial charge < -0.3 is 19.9 Å². The van der Waals surface area contributed by atoms with Gasteiger partial charge in [-0.15, -0.1) is 10.2 Å². The number of anilines is 1. The molecule has 30 heavy (non-hydrogen) atoms. The molecular formula is C20H20ClN5O3S. The Labute approximate surface area is 183 Å². The molecule has 156 valence electrons. The van der Waals surface area contributed by atoms with Crippen LogP contribution in [-0.2, 0) is 18.4 Å². The number of ether oxygens (including phenoxy) is 1. The fraction of sp³-hybridized carbons (Fsp3) is 0.200. The van der Waals surface area contributed by atoms with Crippen LogP contribution in [0, 0.1) is 0 Å². The topological polar surface area (TPSA) is 98.1 Å². The summed E-state index contributed by atoms with van der Waals surface area (Å²) in [7, 11) is 3.32. The van der Waals surface area contributed by atoms with Gasteiger partial charge in [0.2, 0.25) is 5.91 Å². The molecule has 0 aliphatic heterocycles. The fourth-order valence-electron chi connectivity index (χ4n) is 2.59. The van der Waals surface area contributed by atoms with E-state index in [1.807, 2.05) is 12.1 Å². The van der Waals surface area contributed by atoms with E-state index in [0.717, 1.165) is 0 Å². The Morgan fingerprint density at radius 3 is 2.63 bits per heavy atom. The van der Waals surface area contributed by atoms with Crippen LogP contribution in [0.4, 0.5) is 5.69 Å². The van der Waals surface area contributed by atoms with E-state index in [1.54, 1.807) is 55.1 Å².